The van der Waals surface area contributed by atoms with E-state index >= 15 is 0 Å². The third-order valence-electron chi connectivity index (χ3n) is 6.11. The summed E-state index contributed by atoms with van der Waals surface area (Å²) in [6, 6.07) is 5.33. The van der Waals surface area contributed by atoms with Crippen molar-refractivity contribution in [2.24, 2.45) is 0 Å². The summed E-state index contributed by atoms with van der Waals surface area (Å²) in [7, 11) is 0. The van der Waals surface area contributed by atoms with Crippen molar-refractivity contribution in [1.29, 1.82) is 0 Å². The molecule has 0 amide bonds. The minimum Gasteiger partial charge on any atom is -0.545 e. The molecule has 9 nitrogen and oxygen atoms in total. The summed E-state index contributed by atoms with van der Waals surface area (Å²) in [6.45, 7) is 4.92. The summed E-state index contributed by atoms with van der Waals surface area (Å²) in [5.74, 6) is -2.43. The molecule has 0 aliphatic heterocycles. The fourth-order valence-corrected chi connectivity index (χ4v) is 4.25. The van der Waals surface area contributed by atoms with Gasteiger partial charge in [0.1, 0.15) is 6.61 Å². The number of hydrogen-bond donors (Lipinski definition) is 1. The summed E-state index contributed by atoms with van der Waals surface area (Å²) in [5, 5.41) is 33.5. The van der Waals surface area contributed by atoms with Crippen molar-refractivity contribution in [3.63, 3.8) is 0 Å². The third kappa shape index (κ3) is 8.12. The number of rotatable bonds is 15. The maximum absolute atomic E-state index is 13.0. The minimum atomic E-state index is -1.56. The number of benzene rings is 1. The summed E-state index contributed by atoms with van der Waals surface area (Å²) < 4.78 is 5.33. The Labute approximate surface area is 211 Å². The van der Waals surface area contributed by atoms with Gasteiger partial charge in [-0.05, 0) is 25.8 Å². The monoisotopic (exact) mass is 499 g/mol. The number of esters is 1. The molecule has 0 aliphatic carbocycles. The number of ether oxygens (including phenoxy) is 1. The molecule has 2 aromatic rings. The molecule has 0 aliphatic rings. The number of carbonyl (C=O) groups excluding carboxylic acids is 2. The van der Waals surface area contributed by atoms with Gasteiger partial charge in [0, 0.05) is 29.0 Å². The molecule has 0 saturated carbocycles. The molecular formula is C27H35N2O7-. The molecule has 0 spiro atoms. The van der Waals surface area contributed by atoms with Crippen molar-refractivity contribution >= 4 is 17.6 Å². The number of carbonyl (C=O) groups is 2. The number of nitro benzene ring substituents is 1. The van der Waals surface area contributed by atoms with E-state index in [2.05, 4.69) is 11.9 Å². The van der Waals surface area contributed by atoms with Crippen LogP contribution < -0.4 is 5.11 Å². The summed E-state index contributed by atoms with van der Waals surface area (Å²) in [6.07, 6.45) is 8.64. The number of nitrogens with zero attached hydrogens (tertiary/aromatic N) is 2. The van der Waals surface area contributed by atoms with Crippen LogP contribution in [0.3, 0.4) is 0 Å². The van der Waals surface area contributed by atoms with Crippen LogP contribution in [0.1, 0.15) is 96.8 Å². The normalized spacial score (nSPS) is 11.8. The highest BCUT2D eigenvalue weighted by atomic mass is 16.6. The number of pyridine rings is 1. The quantitative estimate of drug-likeness (QED) is 0.161. The molecule has 0 radical (unpaired) electrons. The predicted octanol–water partition coefficient (Wildman–Crippen LogP) is 4.69. The molecule has 1 atom stereocenters. The zero-order valence-corrected chi connectivity index (χ0v) is 21.2. The van der Waals surface area contributed by atoms with Gasteiger partial charge in [-0.15, -0.1) is 0 Å². The van der Waals surface area contributed by atoms with Gasteiger partial charge in [-0.2, -0.15) is 0 Å². The van der Waals surface area contributed by atoms with E-state index in [4.69, 9.17) is 4.74 Å². The molecule has 1 aromatic carbocycles. The molecule has 2 rings (SSSR count). The van der Waals surface area contributed by atoms with Gasteiger partial charge < -0.3 is 19.7 Å². The molecule has 0 fully saturated rings. The lowest BCUT2D eigenvalue weighted by molar-refractivity contribution is -0.384. The van der Waals surface area contributed by atoms with Crippen molar-refractivity contribution in [3.8, 4) is 11.1 Å². The first-order valence-corrected chi connectivity index (χ1v) is 12.5. The Morgan fingerprint density at radius 1 is 1.03 bits per heavy atom. The van der Waals surface area contributed by atoms with Gasteiger partial charge in [-0.1, -0.05) is 70.4 Å². The van der Waals surface area contributed by atoms with Gasteiger partial charge in [0.25, 0.3) is 5.69 Å². The van der Waals surface area contributed by atoms with Crippen LogP contribution in [0.4, 0.5) is 5.69 Å². The Bertz CT molecular complexity index is 1070. The van der Waals surface area contributed by atoms with E-state index in [9.17, 15) is 29.9 Å². The first-order valence-electron chi connectivity index (χ1n) is 12.5. The highest BCUT2D eigenvalue weighted by Gasteiger charge is 2.25. The number of aliphatic hydroxyl groups is 1. The number of carboxylic acid groups (broad SMARTS) is 1. The molecule has 196 valence electrons. The lowest BCUT2D eigenvalue weighted by Crippen LogP contribution is -2.27. The minimum absolute atomic E-state index is 0.0498. The van der Waals surface area contributed by atoms with E-state index in [1.54, 1.807) is 0 Å². The molecule has 0 saturated heterocycles. The largest absolute Gasteiger partial charge is 0.545 e. The summed E-state index contributed by atoms with van der Waals surface area (Å²) >= 11 is 0. The van der Waals surface area contributed by atoms with Crippen molar-refractivity contribution < 1.29 is 29.5 Å². The number of non-ortho nitro benzene ring substituents is 1. The van der Waals surface area contributed by atoms with E-state index in [1.807, 2.05) is 0 Å². The number of aliphatic hydroxyl groups excluding tert-OH is 1. The molecular weight excluding hydrogens is 464 g/mol. The van der Waals surface area contributed by atoms with E-state index < -0.39 is 23.0 Å². The molecule has 1 N–H and O–H groups in total. The van der Waals surface area contributed by atoms with Gasteiger partial charge in [0.2, 0.25) is 0 Å². The number of nitro groups is 1. The molecule has 9 heteroatoms. The number of aromatic carboxylic acids is 1. The number of carboxylic acids is 1. The second-order valence-corrected chi connectivity index (χ2v) is 9.02. The first-order chi connectivity index (χ1) is 17.2. The highest BCUT2D eigenvalue weighted by Crippen LogP contribution is 2.33. The Balaban J connectivity index is 2.15. The van der Waals surface area contributed by atoms with Crippen molar-refractivity contribution in [2.45, 2.75) is 84.7 Å². The zero-order chi connectivity index (χ0) is 26.7. The fraction of sp³-hybridized carbons (Fsp3) is 0.519. The Hall–Kier alpha value is -3.33. The van der Waals surface area contributed by atoms with E-state index in [0.717, 1.165) is 19.3 Å². The lowest BCUT2D eigenvalue weighted by atomic mass is 9.92. The average Bonchev–Trinajstić information content (AvgIpc) is 2.83. The number of unbranched alkanes of at least 4 members (excludes halogenated alkanes) is 7. The van der Waals surface area contributed by atoms with Gasteiger partial charge in [0.05, 0.1) is 28.3 Å². The van der Waals surface area contributed by atoms with Crippen LogP contribution in [0.25, 0.3) is 11.1 Å². The number of hydrogen-bond acceptors (Lipinski definition) is 8. The zero-order valence-electron chi connectivity index (χ0n) is 21.2. The third-order valence-corrected chi connectivity index (χ3v) is 6.11. The summed E-state index contributed by atoms with van der Waals surface area (Å²) in [4.78, 5) is 39.8. The topological polar surface area (TPSA) is 143 Å². The first kappa shape index (κ1) is 28.9. The second kappa shape index (κ2) is 14.3. The number of aromatic nitrogens is 1. The number of aryl methyl sites for hydroxylation is 2. The van der Waals surface area contributed by atoms with Crippen LogP contribution in [0, 0.1) is 24.0 Å². The highest BCUT2D eigenvalue weighted by molar-refractivity contribution is 6.06. The van der Waals surface area contributed by atoms with Crippen LogP contribution in [-0.4, -0.2) is 39.7 Å². The molecule has 1 heterocycles. The molecule has 1 unspecified atom stereocenters. The average molecular weight is 500 g/mol. The fourth-order valence-electron chi connectivity index (χ4n) is 4.25. The Kier molecular flexibility index (Phi) is 11.5. The maximum atomic E-state index is 13.0. The Morgan fingerprint density at radius 3 is 2.25 bits per heavy atom. The van der Waals surface area contributed by atoms with Crippen LogP contribution in [0.15, 0.2) is 24.3 Å². The maximum Gasteiger partial charge on any atom is 0.340 e. The van der Waals surface area contributed by atoms with Gasteiger partial charge in [-0.25, -0.2) is 4.79 Å². The van der Waals surface area contributed by atoms with Crippen LogP contribution in [0.2, 0.25) is 0 Å². The van der Waals surface area contributed by atoms with Crippen molar-refractivity contribution in [3.05, 3.63) is 56.9 Å². The van der Waals surface area contributed by atoms with Crippen LogP contribution >= 0.6 is 0 Å². The van der Waals surface area contributed by atoms with Gasteiger partial charge in [0.15, 0.2) is 0 Å². The van der Waals surface area contributed by atoms with Crippen LogP contribution in [-0.2, 0) is 4.74 Å². The van der Waals surface area contributed by atoms with Crippen molar-refractivity contribution in [2.75, 3.05) is 6.61 Å². The Morgan fingerprint density at radius 2 is 1.64 bits per heavy atom. The summed E-state index contributed by atoms with van der Waals surface area (Å²) in [5.41, 5.74) is -0.298. The molecule has 36 heavy (non-hydrogen) atoms. The molecule has 0 bridgehead atoms. The standard InChI is InChI=1S/C27H36N2O7/c1-4-5-6-7-8-9-10-11-15-22(30)17-36-27(33)24-19(3)28-18(2)23(26(31)32)25(24)20-13-12-14-21(16-20)29(34)35/h12-14,16,22,30H,4-11,15,17H2,1-3H3,(H,31,32)/p-1. The lowest BCUT2D eigenvalue weighted by Gasteiger charge is -2.20. The van der Waals surface area contributed by atoms with Crippen LogP contribution in [0.5, 0.6) is 0 Å². The van der Waals surface area contributed by atoms with Gasteiger partial charge >= 0.3 is 5.97 Å². The SMILES string of the molecule is CCCCCCCCCCC(O)COC(=O)c1c(C)nc(C)c(C(=O)[O-])c1-c1cccc([N+](=O)[O-])c1. The second-order valence-electron chi connectivity index (χ2n) is 9.02. The van der Waals surface area contributed by atoms with E-state index in [0.29, 0.717) is 6.42 Å². The predicted molar refractivity (Wildman–Crippen MR) is 134 cm³/mol. The van der Waals surface area contributed by atoms with Crippen molar-refractivity contribution in [1.82, 2.24) is 4.98 Å². The van der Waals surface area contributed by atoms with E-state index in [-0.39, 0.29) is 45.9 Å². The molecule has 1 aromatic heterocycles. The van der Waals surface area contributed by atoms with Gasteiger partial charge in [-0.3, -0.25) is 15.1 Å². The smallest absolute Gasteiger partial charge is 0.340 e. The van der Waals surface area contributed by atoms with E-state index in [1.165, 1.54) is 70.2 Å².